The average molecular weight is 444 g/mol. The Kier molecular flexibility index (Phi) is 7.55. The van der Waals surface area contributed by atoms with Crippen molar-refractivity contribution < 1.29 is 31.1 Å². The third-order valence-corrected chi connectivity index (χ3v) is 6.01. The molecule has 0 saturated heterocycles. The normalized spacial score (nSPS) is 19.5. The smallest absolute Gasteiger partial charge is 0.397 e. The number of ether oxygens (including phenoxy) is 1. The molecule has 2 aromatic rings. The highest BCUT2D eigenvalue weighted by Gasteiger charge is 2.33. The molecule has 0 spiro atoms. The summed E-state index contributed by atoms with van der Waals surface area (Å²) in [4.78, 5) is 0. The quantitative estimate of drug-likeness (QED) is 0.294. The van der Waals surface area contributed by atoms with Crippen LogP contribution in [0.3, 0.4) is 0 Å². The number of rotatable bonds is 8. The maximum absolute atomic E-state index is 14.4. The molecule has 0 amide bonds. The first kappa shape index (κ1) is 23.5. The third-order valence-electron chi connectivity index (χ3n) is 6.01. The van der Waals surface area contributed by atoms with E-state index < -0.39 is 35.8 Å². The summed E-state index contributed by atoms with van der Waals surface area (Å²) in [6, 6.07) is 4.18. The molecule has 0 unspecified atom stereocenters. The first-order valence-electron chi connectivity index (χ1n) is 10.7. The van der Waals surface area contributed by atoms with Crippen molar-refractivity contribution in [3.63, 3.8) is 0 Å². The van der Waals surface area contributed by atoms with Gasteiger partial charge in [0.25, 0.3) is 0 Å². The number of benzene rings is 2. The lowest BCUT2D eigenvalue weighted by Crippen LogP contribution is -2.26. The fourth-order valence-electron chi connectivity index (χ4n) is 4.32. The summed E-state index contributed by atoms with van der Waals surface area (Å²) in [6.07, 6.45) is 2.76. The minimum Gasteiger partial charge on any atom is -0.432 e. The van der Waals surface area contributed by atoms with Crippen molar-refractivity contribution in [1.29, 1.82) is 0 Å². The van der Waals surface area contributed by atoms with Gasteiger partial charge in [-0.3, -0.25) is 0 Å². The van der Waals surface area contributed by atoms with Crippen molar-refractivity contribution in [1.82, 2.24) is 0 Å². The van der Waals surface area contributed by atoms with Gasteiger partial charge in [0.15, 0.2) is 17.5 Å². The highest BCUT2D eigenvalue weighted by Crippen LogP contribution is 2.37. The van der Waals surface area contributed by atoms with Gasteiger partial charge in [-0.15, -0.1) is 0 Å². The van der Waals surface area contributed by atoms with E-state index in [1.54, 1.807) is 0 Å². The summed E-state index contributed by atoms with van der Waals surface area (Å²) in [5, 5.41) is 0. The summed E-state index contributed by atoms with van der Waals surface area (Å²) >= 11 is 0. The predicted molar refractivity (Wildman–Crippen MR) is 107 cm³/mol. The van der Waals surface area contributed by atoms with Crippen molar-refractivity contribution in [3.8, 4) is 16.9 Å². The van der Waals surface area contributed by atoms with E-state index in [-0.39, 0.29) is 22.8 Å². The Balaban J connectivity index is 1.60. The van der Waals surface area contributed by atoms with Crippen LogP contribution < -0.4 is 4.74 Å². The minimum absolute atomic E-state index is 0.241. The van der Waals surface area contributed by atoms with E-state index in [1.807, 2.05) is 0 Å². The van der Waals surface area contributed by atoms with Crippen LogP contribution >= 0.6 is 0 Å². The molecule has 0 aliphatic heterocycles. The highest BCUT2D eigenvalue weighted by molar-refractivity contribution is 5.65. The zero-order valence-electron chi connectivity index (χ0n) is 17.4. The molecule has 2 aromatic carbocycles. The van der Waals surface area contributed by atoms with Gasteiger partial charge in [0.1, 0.15) is 11.6 Å². The lowest BCUT2D eigenvalue weighted by Gasteiger charge is -2.29. The molecular formula is C24H26F6O. The van der Waals surface area contributed by atoms with Crippen molar-refractivity contribution in [2.24, 2.45) is 11.8 Å². The Morgan fingerprint density at radius 3 is 1.97 bits per heavy atom. The Bertz CT molecular complexity index is 867. The van der Waals surface area contributed by atoms with E-state index in [4.69, 9.17) is 4.74 Å². The van der Waals surface area contributed by atoms with Gasteiger partial charge in [0, 0.05) is 11.6 Å². The molecule has 31 heavy (non-hydrogen) atoms. The maximum atomic E-state index is 14.4. The van der Waals surface area contributed by atoms with E-state index in [1.165, 1.54) is 6.42 Å². The SMILES string of the molecule is CCCC1CCC(CCC(F)(F)Oc2ccc(-c3cc(F)c(F)c(F)c3)c(F)c2)CC1. The molecule has 1 fully saturated rings. The number of halogens is 6. The standard InChI is InChI=1S/C24H26F6O/c1-2-3-15-4-6-16(7-5-15)10-11-24(29,30)31-18-8-9-19(20(25)14-18)17-12-21(26)23(28)22(27)13-17/h8-9,12-16H,2-7,10-11H2,1H3. The zero-order valence-corrected chi connectivity index (χ0v) is 17.4. The first-order valence-corrected chi connectivity index (χ1v) is 10.7. The fourth-order valence-corrected chi connectivity index (χ4v) is 4.32. The van der Waals surface area contributed by atoms with E-state index in [2.05, 4.69) is 6.92 Å². The minimum atomic E-state index is -3.46. The molecule has 1 aliphatic carbocycles. The van der Waals surface area contributed by atoms with Crippen molar-refractivity contribution in [3.05, 3.63) is 53.6 Å². The molecule has 0 bridgehead atoms. The fraction of sp³-hybridized carbons (Fsp3) is 0.500. The van der Waals surface area contributed by atoms with Crippen molar-refractivity contribution >= 4 is 0 Å². The van der Waals surface area contributed by atoms with Gasteiger partial charge in [-0.25, -0.2) is 17.6 Å². The summed E-state index contributed by atoms with van der Waals surface area (Å²) < 4.78 is 87.5. The van der Waals surface area contributed by atoms with Gasteiger partial charge in [-0.05, 0) is 48.1 Å². The van der Waals surface area contributed by atoms with Crippen molar-refractivity contribution in [2.45, 2.75) is 64.4 Å². The molecule has 0 N–H and O–H groups in total. The largest absolute Gasteiger partial charge is 0.432 e. The lowest BCUT2D eigenvalue weighted by molar-refractivity contribution is -0.183. The van der Waals surface area contributed by atoms with Gasteiger partial charge >= 0.3 is 6.11 Å². The Labute approximate surface area is 178 Å². The van der Waals surface area contributed by atoms with Gasteiger partial charge in [-0.2, -0.15) is 8.78 Å². The second-order valence-electron chi connectivity index (χ2n) is 8.35. The number of hydrogen-bond acceptors (Lipinski definition) is 1. The average Bonchev–Trinajstić information content (AvgIpc) is 2.71. The second kappa shape index (κ2) is 9.96. The van der Waals surface area contributed by atoms with Crippen LogP contribution in [-0.2, 0) is 0 Å². The molecule has 3 rings (SSSR count). The van der Waals surface area contributed by atoms with Crippen LogP contribution in [0, 0.1) is 35.1 Å². The van der Waals surface area contributed by atoms with E-state index in [9.17, 15) is 26.3 Å². The summed E-state index contributed by atoms with van der Waals surface area (Å²) in [7, 11) is 0. The molecule has 0 atom stereocenters. The second-order valence-corrected chi connectivity index (χ2v) is 8.35. The topological polar surface area (TPSA) is 9.23 Å². The molecule has 0 radical (unpaired) electrons. The number of alkyl halides is 2. The van der Waals surface area contributed by atoms with Crippen molar-refractivity contribution in [2.75, 3.05) is 0 Å². The first-order chi connectivity index (χ1) is 14.7. The van der Waals surface area contributed by atoms with Gasteiger partial charge in [0.2, 0.25) is 0 Å². The molecular weight excluding hydrogens is 418 g/mol. The van der Waals surface area contributed by atoms with Crippen LogP contribution in [0.1, 0.15) is 58.3 Å². The Hall–Kier alpha value is -2.18. The maximum Gasteiger partial charge on any atom is 0.397 e. The summed E-state index contributed by atoms with van der Waals surface area (Å²) in [5.41, 5.74) is -0.497. The van der Waals surface area contributed by atoms with Crippen LogP contribution in [0.2, 0.25) is 0 Å². The van der Waals surface area contributed by atoms with Gasteiger partial charge in [-0.1, -0.05) is 45.4 Å². The van der Waals surface area contributed by atoms with Crippen LogP contribution in [0.25, 0.3) is 11.1 Å². The third kappa shape index (κ3) is 6.17. The molecule has 170 valence electrons. The summed E-state index contributed by atoms with van der Waals surface area (Å²) in [5.74, 6) is -5.06. The predicted octanol–water partition coefficient (Wildman–Crippen LogP) is 8.27. The Morgan fingerprint density at radius 1 is 0.839 bits per heavy atom. The lowest BCUT2D eigenvalue weighted by atomic mass is 9.78. The number of hydrogen-bond donors (Lipinski definition) is 0. The van der Waals surface area contributed by atoms with Gasteiger partial charge in [0.05, 0.1) is 6.42 Å². The van der Waals surface area contributed by atoms with E-state index in [0.29, 0.717) is 24.5 Å². The molecule has 1 nitrogen and oxygen atoms in total. The van der Waals surface area contributed by atoms with Gasteiger partial charge < -0.3 is 4.74 Å². The van der Waals surface area contributed by atoms with E-state index in [0.717, 1.165) is 50.3 Å². The Morgan fingerprint density at radius 2 is 1.42 bits per heavy atom. The monoisotopic (exact) mass is 444 g/mol. The van der Waals surface area contributed by atoms with E-state index >= 15 is 0 Å². The molecule has 7 heteroatoms. The van der Waals surface area contributed by atoms with Crippen LogP contribution in [0.15, 0.2) is 30.3 Å². The molecule has 1 aliphatic rings. The summed E-state index contributed by atoms with van der Waals surface area (Å²) in [6.45, 7) is 2.15. The van der Waals surface area contributed by atoms with Crippen LogP contribution in [-0.4, -0.2) is 6.11 Å². The zero-order chi connectivity index (χ0) is 22.6. The molecule has 0 aromatic heterocycles. The highest BCUT2D eigenvalue weighted by atomic mass is 19.3. The van der Waals surface area contributed by atoms with Crippen LogP contribution in [0.5, 0.6) is 5.75 Å². The molecule has 0 heterocycles. The molecule has 1 saturated carbocycles. The van der Waals surface area contributed by atoms with Crippen LogP contribution in [0.4, 0.5) is 26.3 Å².